The third-order valence-corrected chi connectivity index (χ3v) is 5.39. The van der Waals surface area contributed by atoms with E-state index in [0.29, 0.717) is 0 Å². The molecule has 2 aromatic carbocycles. The summed E-state index contributed by atoms with van der Waals surface area (Å²) in [7, 11) is 0.0576. The minimum absolute atomic E-state index is 0. The molecule has 0 saturated carbocycles. The fourth-order valence-electron chi connectivity index (χ4n) is 2.62. The van der Waals surface area contributed by atoms with Gasteiger partial charge < -0.3 is 24.8 Å². The fourth-order valence-corrected chi connectivity index (χ4v) is 3.42. The molecule has 134 valence electrons. The Labute approximate surface area is 186 Å². The molecule has 1 aliphatic carbocycles. The Hall–Kier alpha value is 0.190. The number of allylic oxidation sites excluding steroid dienone is 4. The average Bonchev–Trinajstić information content (AvgIpc) is 3.11. The molecule has 0 bridgehead atoms. The van der Waals surface area contributed by atoms with Crippen LogP contribution in [0.4, 0.5) is 0 Å². The summed E-state index contributed by atoms with van der Waals surface area (Å²) >= 11 is 0. The number of hydrogen-bond acceptors (Lipinski definition) is 0. The molecule has 0 spiro atoms. The molecular formula is C21H27Cl2HfP. The van der Waals surface area contributed by atoms with Gasteiger partial charge in [0.1, 0.15) is 0 Å². The monoisotopic (exact) mass is 560 g/mol. The summed E-state index contributed by atoms with van der Waals surface area (Å²) in [5.74, 6) is 0. The summed E-state index contributed by atoms with van der Waals surface area (Å²) in [6.07, 6.45) is 10.5. The van der Waals surface area contributed by atoms with Gasteiger partial charge in [0, 0.05) is 0 Å². The van der Waals surface area contributed by atoms with Gasteiger partial charge in [-0.15, -0.1) is 61.6 Å². The molecule has 0 aromatic heterocycles. The third kappa shape index (κ3) is 8.61. The minimum atomic E-state index is 0. The molecule has 3 rings (SSSR count). The van der Waals surface area contributed by atoms with E-state index in [1.54, 1.807) is 0 Å². The van der Waals surface area contributed by atoms with Crippen LogP contribution in [0.5, 0.6) is 0 Å². The topological polar surface area (TPSA) is 0 Å². The molecule has 0 nitrogen and oxygen atoms in total. The third-order valence-electron chi connectivity index (χ3n) is 4.10. The second-order valence-electron chi connectivity index (χ2n) is 6.09. The van der Waals surface area contributed by atoms with Gasteiger partial charge in [-0.2, -0.15) is 12.1 Å². The Morgan fingerprint density at radius 1 is 1.16 bits per heavy atom. The Kier molecular flexibility index (Phi) is 15.6. The van der Waals surface area contributed by atoms with Crippen molar-refractivity contribution in [1.29, 1.82) is 0 Å². The van der Waals surface area contributed by atoms with Crippen molar-refractivity contribution in [1.82, 2.24) is 0 Å². The van der Waals surface area contributed by atoms with Gasteiger partial charge in [-0.25, -0.2) is 11.1 Å². The summed E-state index contributed by atoms with van der Waals surface area (Å²) < 4.78 is 0. The van der Waals surface area contributed by atoms with Crippen LogP contribution in [0.1, 0.15) is 39.5 Å². The van der Waals surface area contributed by atoms with Crippen molar-refractivity contribution in [3.63, 3.8) is 0 Å². The predicted octanol–water partition coefficient (Wildman–Crippen LogP) is 0.187. The molecule has 1 aliphatic rings. The zero-order valence-electron chi connectivity index (χ0n) is 15.6. The van der Waals surface area contributed by atoms with E-state index in [1.807, 2.05) is 0 Å². The largest absolute Gasteiger partial charge is 4.00 e. The normalized spacial score (nSPS) is 12.2. The Bertz CT molecular complexity index is 638. The van der Waals surface area contributed by atoms with Crippen LogP contribution in [0, 0.1) is 6.08 Å². The van der Waals surface area contributed by atoms with Gasteiger partial charge in [0.25, 0.3) is 0 Å². The van der Waals surface area contributed by atoms with E-state index in [-0.39, 0.29) is 58.6 Å². The molecule has 0 atom stereocenters. The Morgan fingerprint density at radius 2 is 1.84 bits per heavy atom. The number of hydrogen-bond donors (Lipinski definition) is 0. The second kappa shape index (κ2) is 14.3. The van der Waals surface area contributed by atoms with E-state index in [9.17, 15) is 0 Å². The molecule has 25 heavy (non-hydrogen) atoms. The zero-order chi connectivity index (χ0) is 15.9. The number of rotatable bonds is 4. The van der Waals surface area contributed by atoms with Crippen molar-refractivity contribution >= 4 is 24.0 Å². The Morgan fingerprint density at radius 3 is 2.36 bits per heavy atom. The second-order valence-corrected chi connectivity index (χ2v) is 8.39. The van der Waals surface area contributed by atoms with E-state index in [1.165, 1.54) is 46.5 Å². The molecule has 0 unspecified atom stereocenters. The first-order valence-corrected chi connectivity index (χ1v) is 10.4. The Balaban J connectivity index is 0. The number of unbranched alkanes of at least 4 members (excludes halogenated alkanes) is 1. The van der Waals surface area contributed by atoms with Crippen molar-refractivity contribution < 1.29 is 50.7 Å². The van der Waals surface area contributed by atoms with E-state index < -0.39 is 0 Å². The van der Waals surface area contributed by atoms with E-state index in [0.717, 1.165) is 6.42 Å². The number of fused-ring (bicyclic) bond motifs is 1. The smallest absolute Gasteiger partial charge is 1.00 e. The molecule has 0 N–H and O–H groups in total. The van der Waals surface area contributed by atoms with Gasteiger partial charge in [0.05, 0.1) is 0 Å². The van der Waals surface area contributed by atoms with Crippen LogP contribution in [-0.4, -0.2) is 13.3 Å². The molecule has 0 fully saturated rings. The van der Waals surface area contributed by atoms with Crippen molar-refractivity contribution in [3.8, 4) is 0 Å². The predicted molar refractivity (Wildman–Crippen MR) is 103 cm³/mol. The maximum atomic E-state index is 3.37. The van der Waals surface area contributed by atoms with E-state index in [4.69, 9.17) is 0 Å². The van der Waals surface area contributed by atoms with Crippen molar-refractivity contribution in [2.75, 3.05) is 13.3 Å². The van der Waals surface area contributed by atoms with Crippen molar-refractivity contribution in [3.05, 3.63) is 59.7 Å². The molecule has 0 amide bonds. The maximum Gasteiger partial charge on any atom is 4.00 e. The van der Waals surface area contributed by atoms with Crippen molar-refractivity contribution in [2.24, 2.45) is 0 Å². The van der Waals surface area contributed by atoms with Crippen LogP contribution in [0.25, 0.3) is 10.8 Å². The van der Waals surface area contributed by atoms with Crippen molar-refractivity contribution in [2.45, 2.75) is 39.5 Å². The van der Waals surface area contributed by atoms with Gasteiger partial charge in [-0.1, -0.05) is 32.3 Å². The van der Waals surface area contributed by atoms with Gasteiger partial charge in [-0.05, 0) is 13.3 Å². The van der Waals surface area contributed by atoms with Crippen LogP contribution in [0.2, 0.25) is 0 Å². The van der Waals surface area contributed by atoms with Gasteiger partial charge >= 0.3 is 25.8 Å². The first-order valence-electron chi connectivity index (χ1n) is 8.21. The van der Waals surface area contributed by atoms with Crippen LogP contribution < -0.4 is 30.1 Å². The zero-order valence-corrected chi connectivity index (χ0v) is 21.6. The molecule has 0 heterocycles. The standard InChI is InChI=1S/C11H12P.C10H15.2ClH.Hf/c1-12(2)11-7-9-5-3-4-6-10(9)8-11;1-3-4-7-10-8-5-6-9(10)2;;;/h3-8H,1-2H3;6H,3-5,7H2,1-2H3;2*1H;/q2*-1;;;+4/p-2. The van der Waals surface area contributed by atoms with Gasteiger partial charge in [-0.3, -0.25) is 6.08 Å². The molecular weight excluding hydrogens is 533 g/mol. The summed E-state index contributed by atoms with van der Waals surface area (Å²) in [6, 6.07) is 13.2. The van der Waals surface area contributed by atoms with E-state index in [2.05, 4.69) is 75.7 Å². The minimum Gasteiger partial charge on any atom is -1.00 e. The van der Waals surface area contributed by atoms with Crippen LogP contribution in [-0.2, 0) is 25.8 Å². The molecule has 4 heteroatoms. The average molecular weight is 560 g/mol. The molecule has 0 radical (unpaired) electrons. The fraction of sp³-hybridized carbons (Fsp3) is 0.381. The SMILES string of the molecule is CCCCC1=[C-]CC=C1C.CP(C)c1cc2ccccc2[cH-]1.[Cl-].[Cl-].[Hf+4]. The molecule has 0 saturated heterocycles. The first kappa shape index (κ1) is 27.4. The van der Waals surface area contributed by atoms with Crippen LogP contribution in [0.3, 0.4) is 0 Å². The quantitative estimate of drug-likeness (QED) is 0.285. The maximum absolute atomic E-state index is 3.37. The van der Waals surface area contributed by atoms with Gasteiger partial charge in [0.15, 0.2) is 0 Å². The van der Waals surface area contributed by atoms with Gasteiger partial charge in [0.2, 0.25) is 0 Å². The summed E-state index contributed by atoms with van der Waals surface area (Å²) in [5.41, 5.74) is 2.91. The van der Waals surface area contributed by atoms with Crippen LogP contribution >= 0.6 is 7.92 Å². The van der Waals surface area contributed by atoms with Crippen LogP contribution in [0.15, 0.2) is 53.6 Å². The molecule has 0 aliphatic heterocycles. The number of benzene rings is 1. The number of halogens is 2. The summed E-state index contributed by atoms with van der Waals surface area (Å²) in [6.45, 7) is 9.01. The summed E-state index contributed by atoms with van der Waals surface area (Å²) in [5, 5.41) is 4.26. The van der Waals surface area contributed by atoms with E-state index >= 15 is 0 Å². The molecule has 2 aromatic rings. The summed E-state index contributed by atoms with van der Waals surface area (Å²) in [4.78, 5) is 0. The first-order chi connectivity index (χ1) is 10.6.